The van der Waals surface area contributed by atoms with E-state index in [1.807, 2.05) is 54.6 Å². The molecule has 0 bridgehead atoms. The Morgan fingerprint density at radius 1 is 1.04 bits per heavy atom. The van der Waals surface area contributed by atoms with Crippen LogP contribution in [-0.4, -0.2) is 16.9 Å². The fraction of sp³-hybridized carbons (Fsp3) is 0.182. The van der Waals surface area contributed by atoms with Gasteiger partial charge in [-0.15, -0.1) is 11.8 Å². The van der Waals surface area contributed by atoms with Crippen molar-refractivity contribution < 1.29 is 4.79 Å². The average molecular weight is 391 g/mol. The number of hydrogen-bond donors (Lipinski definition) is 3. The number of carbonyl (C=O) groups is 1. The van der Waals surface area contributed by atoms with Crippen LogP contribution in [0.4, 0.5) is 5.69 Å². The smallest absolute Gasteiger partial charge is 0.242 e. The summed E-state index contributed by atoms with van der Waals surface area (Å²) in [6.45, 7) is 0. The summed E-state index contributed by atoms with van der Waals surface area (Å²) in [7, 11) is 0. The van der Waals surface area contributed by atoms with Gasteiger partial charge in [0.2, 0.25) is 5.91 Å². The number of anilines is 1. The summed E-state index contributed by atoms with van der Waals surface area (Å²) in [5.41, 5.74) is 9.47. The van der Waals surface area contributed by atoms with Gasteiger partial charge < -0.3 is 5.32 Å². The fourth-order valence-corrected chi connectivity index (χ4v) is 3.99. The second kappa shape index (κ2) is 9.01. The van der Waals surface area contributed by atoms with Crippen LogP contribution in [-0.2, 0) is 10.5 Å². The minimum absolute atomic E-state index is 0.0274. The van der Waals surface area contributed by atoms with Gasteiger partial charge in [-0.1, -0.05) is 48.5 Å². The Bertz CT molecular complexity index is 920. The molecule has 1 fully saturated rings. The van der Waals surface area contributed by atoms with Crippen LogP contribution in [0.3, 0.4) is 0 Å². The lowest BCUT2D eigenvalue weighted by Gasteiger charge is -2.12. The van der Waals surface area contributed by atoms with E-state index in [9.17, 15) is 4.79 Å². The normalized spacial score (nSPS) is 18.7. The van der Waals surface area contributed by atoms with Crippen molar-refractivity contribution in [3.8, 4) is 0 Å². The molecule has 0 spiro atoms. The third kappa shape index (κ3) is 4.78. The minimum atomic E-state index is -0.267. The Morgan fingerprint density at radius 3 is 2.71 bits per heavy atom. The zero-order chi connectivity index (χ0) is 19.2. The summed E-state index contributed by atoms with van der Waals surface area (Å²) in [5, 5.41) is 4.02. The maximum atomic E-state index is 12.7. The Kier molecular flexibility index (Phi) is 6.01. The molecular formula is C22H22N4OS. The van der Waals surface area contributed by atoms with Gasteiger partial charge in [0, 0.05) is 23.7 Å². The molecule has 2 unspecified atom stereocenters. The van der Waals surface area contributed by atoms with Gasteiger partial charge in [0.1, 0.15) is 6.04 Å². The molecule has 2 heterocycles. The van der Waals surface area contributed by atoms with Crippen LogP contribution in [0.15, 0.2) is 84.0 Å². The number of hydrazine groups is 1. The highest BCUT2D eigenvalue weighted by Gasteiger charge is 2.30. The van der Waals surface area contributed by atoms with Crippen LogP contribution in [0.5, 0.6) is 0 Å². The lowest BCUT2D eigenvalue weighted by Crippen LogP contribution is -2.39. The summed E-state index contributed by atoms with van der Waals surface area (Å²) in [5.74, 6) is 0.778. The zero-order valence-corrected chi connectivity index (χ0v) is 16.2. The number of benzene rings is 2. The Morgan fingerprint density at radius 2 is 1.89 bits per heavy atom. The van der Waals surface area contributed by atoms with Crippen LogP contribution in [0.1, 0.15) is 23.6 Å². The first-order valence-electron chi connectivity index (χ1n) is 9.27. The number of thioether (sulfide) groups is 1. The first kappa shape index (κ1) is 18.7. The molecule has 1 saturated heterocycles. The topological polar surface area (TPSA) is 66.0 Å². The molecule has 0 aliphatic carbocycles. The van der Waals surface area contributed by atoms with Crippen molar-refractivity contribution in [2.75, 3.05) is 5.32 Å². The second-order valence-electron chi connectivity index (χ2n) is 6.69. The van der Waals surface area contributed by atoms with Crippen LogP contribution in [0.25, 0.3) is 0 Å². The van der Waals surface area contributed by atoms with E-state index in [0.29, 0.717) is 6.42 Å². The summed E-state index contributed by atoms with van der Waals surface area (Å²) in [6.07, 6.45) is 2.51. The van der Waals surface area contributed by atoms with Crippen molar-refractivity contribution in [3.05, 3.63) is 90.1 Å². The van der Waals surface area contributed by atoms with Crippen molar-refractivity contribution >= 4 is 23.4 Å². The van der Waals surface area contributed by atoms with Crippen molar-refractivity contribution in [3.63, 3.8) is 0 Å². The third-order valence-corrected chi connectivity index (χ3v) is 5.66. The third-order valence-electron chi connectivity index (χ3n) is 4.64. The molecule has 5 nitrogen and oxygen atoms in total. The molecule has 0 radical (unpaired) electrons. The minimum Gasteiger partial charge on any atom is -0.325 e. The largest absolute Gasteiger partial charge is 0.325 e. The quantitative estimate of drug-likeness (QED) is 0.557. The van der Waals surface area contributed by atoms with E-state index in [1.54, 1.807) is 18.0 Å². The molecule has 28 heavy (non-hydrogen) atoms. The highest BCUT2D eigenvalue weighted by Crippen LogP contribution is 2.24. The standard InChI is InChI=1S/C22H22N4OS/c27-22(20-14-19(25-26-20)17-8-2-1-3-9-17)24-18-10-6-7-16(13-18)15-28-21-11-4-5-12-23-21/h1-13,19-20,25-26H,14-15H2,(H,24,27). The van der Waals surface area contributed by atoms with Gasteiger partial charge in [-0.3, -0.25) is 4.79 Å². The van der Waals surface area contributed by atoms with Crippen molar-refractivity contribution in [1.29, 1.82) is 0 Å². The molecule has 6 heteroatoms. The van der Waals surface area contributed by atoms with E-state index in [1.165, 1.54) is 5.56 Å². The second-order valence-corrected chi connectivity index (χ2v) is 7.68. The van der Waals surface area contributed by atoms with Gasteiger partial charge in [-0.25, -0.2) is 15.8 Å². The van der Waals surface area contributed by atoms with Gasteiger partial charge in [0.05, 0.1) is 5.03 Å². The average Bonchev–Trinajstić information content (AvgIpc) is 3.25. The number of carbonyl (C=O) groups excluding carboxylic acids is 1. The number of amides is 1. The summed E-state index contributed by atoms with van der Waals surface area (Å²) < 4.78 is 0. The van der Waals surface area contributed by atoms with Crippen LogP contribution < -0.4 is 16.2 Å². The number of nitrogens with one attached hydrogen (secondary N) is 3. The molecule has 1 amide bonds. The zero-order valence-electron chi connectivity index (χ0n) is 15.3. The Balaban J connectivity index is 1.33. The Hall–Kier alpha value is -2.67. The number of hydrogen-bond acceptors (Lipinski definition) is 5. The van der Waals surface area contributed by atoms with E-state index in [0.717, 1.165) is 22.0 Å². The molecule has 0 saturated carbocycles. The molecular weight excluding hydrogens is 368 g/mol. The Labute approximate surface area is 168 Å². The van der Waals surface area contributed by atoms with Crippen molar-refractivity contribution in [1.82, 2.24) is 15.8 Å². The van der Waals surface area contributed by atoms with Gasteiger partial charge in [0.25, 0.3) is 0 Å². The van der Waals surface area contributed by atoms with Gasteiger partial charge in [-0.2, -0.15) is 0 Å². The van der Waals surface area contributed by atoms with Gasteiger partial charge in [-0.05, 0) is 41.8 Å². The molecule has 3 aromatic rings. The van der Waals surface area contributed by atoms with E-state index in [4.69, 9.17) is 0 Å². The van der Waals surface area contributed by atoms with Crippen LogP contribution in [0, 0.1) is 0 Å². The lowest BCUT2D eigenvalue weighted by molar-refractivity contribution is -0.117. The summed E-state index contributed by atoms with van der Waals surface area (Å²) in [4.78, 5) is 17.0. The van der Waals surface area contributed by atoms with E-state index < -0.39 is 0 Å². The van der Waals surface area contributed by atoms with Gasteiger partial charge in [0.15, 0.2) is 0 Å². The van der Waals surface area contributed by atoms with Crippen molar-refractivity contribution in [2.45, 2.75) is 29.3 Å². The number of pyridine rings is 1. The molecule has 2 aromatic carbocycles. The van der Waals surface area contributed by atoms with Crippen LogP contribution in [0.2, 0.25) is 0 Å². The molecule has 1 aromatic heterocycles. The van der Waals surface area contributed by atoms with E-state index in [2.05, 4.69) is 39.4 Å². The molecule has 1 aliphatic rings. The fourth-order valence-electron chi connectivity index (χ4n) is 3.19. The van der Waals surface area contributed by atoms with E-state index >= 15 is 0 Å². The van der Waals surface area contributed by atoms with E-state index in [-0.39, 0.29) is 18.0 Å². The van der Waals surface area contributed by atoms with Crippen LogP contribution >= 0.6 is 11.8 Å². The molecule has 1 aliphatic heterocycles. The molecule has 2 atom stereocenters. The lowest BCUT2D eigenvalue weighted by atomic mass is 10.0. The maximum absolute atomic E-state index is 12.7. The van der Waals surface area contributed by atoms with Gasteiger partial charge >= 0.3 is 0 Å². The monoisotopic (exact) mass is 390 g/mol. The summed E-state index contributed by atoms with van der Waals surface area (Å²) >= 11 is 1.68. The number of nitrogens with zero attached hydrogens (tertiary/aromatic N) is 1. The first-order valence-corrected chi connectivity index (χ1v) is 10.3. The predicted octanol–water partition coefficient (Wildman–Crippen LogP) is 3.92. The molecule has 4 rings (SSSR count). The number of rotatable bonds is 6. The highest BCUT2D eigenvalue weighted by molar-refractivity contribution is 7.98. The summed E-state index contributed by atoms with van der Waals surface area (Å²) in [6, 6.07) is 23.9. The van der Waals surface area contributed by atoms with Crippen molar-refractivity contribution in [2.24, 2.45) is 0 Å². The molecule has 142 valence electrons. The first-order chi connectivity index (χ1) is 13.8. The maximum Gasteiger partial charge on any atom is 0.242 e. The number of aromatic nitrogens is 1. The predicted molar refractivity (Wildman–Crippen MR) is 113 cm³/mol. The SMILES string of the molecule is O=C(Nc1cccc(CSc2ccccn2)c1)C1CC(c2ccccc2)NN1. The highest BCUT2D eigenvalue weighted by atomic mass is 32.2. The molecule has 3 N–H and O–H groups in total.